The fourth-order valence-electron chi connectivity index (χ4n) is 3.50. The summed E-state index contributed by atoms with van der Waals surface area (Å²) >= 11 is 0. The third-order valence-electron chi connectivity index (χ3n) is 4.33. The number of likely N-dealkylation sites (tertiary alicyclic amines) is 1. The summed E-state index contributed by atoms with van der Waals surface area (Å²) < 4.78 is 5.22. The van der Waals surface area contributed by atoms with Gasteiger partial charge in [0.1, 0.15) is 5.54 Å². The van der Waals surface area contributed by atoms with Crippen molar-refractivity contribution in [2.45, 2.75) is 51.6 Å². The van der Waals surface area contributed by atoms with Gasteiger partial charge in [0.2, 0.25) is 0 Å². The number of likely N-dealkylation sites (N-methyl/N-ethyl adjacent to an activating group) is 1. The Hall–Kier alpha value is -0.610. The van der Waals surface area contributed by atoms with Crippen molar-refractivity contribution in [3.8, 4) is 0 Å². The summed E-state index contributed by atoms with van der Waals surface area (Å²) in [7, 11) is 0. The second-order valence-corrected chi connectivity index (χ2v) is 5.85. The van der Waals surface area contributed by atoms with Crippen molar-refractivity contribution in [1.29, 1.82) is 0 Å². The third-order valence-corrected chi connectivity index (χ3v) is 4.33. The Morgan fingerprint density at radius 3 is 2.72 bits per heavy atom. The topological polar surface area (TPSA) is 41.6 Å². The van der Waals surface area contributed by atoms with Gasteiger partial charge in [-0.05, 0) is 45.6 Å². The highest BCUT2D eigenvalue weighted by Gasteiger charge is 2.43. The van der Waals surface area contributed by atoms with E-state index < -0.39 is 5.54 Å². The predicted molar refractivity (Wildman–Crippen MR) is 71.4 cm³/mol. The van der Waals surface area contributed by atoms with Gasteiger partial charge in [-0.3, -0.25) is 9.69 Å². The molecule has 0 aromatic heterocycles. The molecule has 1 heterocycles. The molecule has 2 rings (SSSR count). The van der Waals surface area contributed by atoms with Gasteiger partial charge in [0, 0.05) is 19.1 Å². The average molecular weight is 254 g/mol. The zero-order valence-electron chi connectivity index (χ0n) is 11.9. The maximum Gasteiger partial charge on any atom is 0.327 e. The molecule has 1 N–H and O–H groups in total. The predicted octanol–water partition coefficient (Wildman–Crippen LogP) is 1.40. The molecule has 0 aromatic carbocycles. The van der Waals surface area contributed by atoms with Gasteiger partial charge in [-0.25, -0.2) is 0 Å². The zero-order valence-corrected chi connectivity index (χ0v) is 11.9. The molecule has 1 aliphatic carbocycles. The van der Waals surface area contributed by atoms with Gasteiger partial charge in [0.25, 0.3) is 0 Å². The van der Waals surface area contributed by atoms with Gasteiger partial charge < -0.3 is 10.1 Å². The van der Waals surface area contributed by atoms with E-state index in [1.54, 1.807) is 0 Å². The molecule has 18 heavy (non-hydrogen) atoms. The Morgan fingerprint density at radius 2 is 2.22 bits per heavy atom. The van der Waals surface area contributed by atoms with Gasteiger partial charge >= 0.3 is 5.97 Å². The zero-order chi connectivity index (χ0) is 13.2. The summed E-state index contributed by atoms with van der Waals surface area (Å²) in [5.74, 6) is 0.748. The number of esters is 1. The molecule has 1 saturated heterocycles. The van der Waals surface area contributed by atoms with E-state index in [9.17, 15) is 4.79 Å². The summed E-state index contributed by atoms with van der Waals surface area (Å²) in [5.41, 5.74) is -0.560. The van der Waals surface area contributed by atoms with Gasteiger partial charge in [-0.2, -0.15) is 0 Å². The first-order valence-electron chi connectivity index (χ1n) is 7.25. The first-order chi connectivity index (χ1) is 8.59. The molecule has 3 atom stereocenters. The van der Waals surface area contributed by atoms with Crippen LogP contribution in [0.15, 0.2) is 0 Å². The summed E-state index contributed by atoms with van der Waals surface area (Å²) in [4.78, 5) is 14.6. The molecular formula is C14H26N2O2. The normalized spacial score (nSPS) is 30.4. The van der Waals surface area contributed by atoms with E-state index in [1.807, 2.05) is 20.8 Å². The van der Waals surface area contributed by atoms with Crippen molar-refractivity contribution >= 4 is 5.97 Å². The van der Waals surface area contributed by atoms with Crippen molar-refractivity contribution in [3.05, 3.63) is 0 Å². The molecule has 104 valence electrons. The molecular weight excluding hydrogens is 228 g/mol. The maximum atomic E-state index is 12.1. The number of carbonyl (C=O) groups is 1. The lowest BCUT2D eigenvalue weighted by Crippen LogP contribution is -2.58. The highest BCUT2D eigenvalue weighted by molar-refractivity contribution is 5.80. The van der Waals surface area contributed by atoms with Crippen LogP contribution in [-0.4, -0.2) is 48.7 Å². The lowest BCUT2D eigenvalue weighted by atomic mass is 10.00. The fraction of sp³-hybridized carbons (Fsp3) is 0.929. The molecule has 0 spiro atoms. The van der Waals surface area contributed by atoms with E-state index in [-0.39, 0.29) is 5.97 Å². The van der Waals surface area contributed by atoms with Crippen molar-refractivity contribution in [1.82, 2.24) is 10.2 Å². The van der Waals surface area contributed by atoms with Crippen molar-refractivity contribution in [2.75, 3.05) is 26.2 Å². The SMILES string of the molecule is CCNC(C)(CN1CC2CCC1C2)C(=O)OCC. The van der Waals surface area contributed by atoms with Crippen LogP contribution in [0.2, 0.25) is 0 Å². The van der Waals surface area contributed by atoms with Crippen LogP contribution in [0.25, 0.3) is 0 Å². The lowest BCUT2D eigenvalue weighted by molar-refractivity contribution is -0.151. The molecule has 2 fully saturated rings. The number of carbonyl (C=O) groups excluding carboxylic acids is 1. The summed E-state index contributed by atoms with van der Waals surface area (Å²) in [6.45, 7) is 9.05. The van der Waals surface area contributed by atoms with Crippen molar-refractivity contribution in [2.24, 2.45) is 5.92 Å². The summed E-state index contributed by atoms with van der Waals surface area (Å²) in [6.07, 6.45) is 4.00. The molecule has 4 heteroatoms. The Labute approximate surface area is 110 Å². The third kappa shape index (κ3) is 2.69. The number of nitrogens with one attached hydrogen (secondary N) is 1. The minimum Gasteiger partial charge on any atom is -0.465 e. The maximum absolute atomic E-state index is 12.1. The van der Waals surface area contributed by atoms with E-state index in [0.29, 0.717) is 12.6 Å². The van der Waals surface area contributed by atoms with E-state index in [1.165, 1.54) is 19.3 Å². The summed E-state index contributed by atoms with van der Waals surface area (Å²) in [5, 5.41) is 3.31. The molecule has 3 unspecified atom stereocenters. The number of ether oxygens (including phenoxy) is 1. The van der Waals surface area contributed by atoms with Crippen LogP contribution >= 0.6 is 0 Å². The molecule has 2 bridgehead atoms. The lowest BCUT2D eigenvalue weighted by Gasteiger charge is -2.36. The quantitative estimate of drug-likeness (QED) is 0.728. The van der Waals surface area contributed by atoms with Crippen LogP contribution in [0.5, 0.6) is 0 Å². The van der Waals surface area contributed by atoms with Crippen LogP contribution in [0, 0.1) is 5.92 Å². The Kier molecular flexibility index (Phi) is 4.28. The Balaban J connectivity index is 1.99. The average Bonchev–Trinajstić information content (AvgIpc) is 2.91. The highest BCUT2D eigenvalue weighted by atomic mass is 16.5. The van der Waals surface area contributed by atoms with E-state index in [0.717, 1.165) is 25.6 Å². The number of nitrogens with zero attached hydrogens (tertiary/aromatic N) is 1. The smallest absolute Gasteiger partial charge is 0.327 e. The molecule has 0 amide bonds. The largest absolute Gasteiger partial charge is 0.465 e. The standard InChI is InChI=1S/C14H26N2O2/c1-4-15-14(3,13(17)18-5-2)10-16-9-11-6-7-12(16)8-11/h11-12,15H,4-10H2,1-3H3. The molecule has 1 saturated carbocycles. The monoisotopic (exact) mass is 254 g/mol. The Bertz CT molecular complexity index is 308. The van der Waals surface area contributed by atoms with Crippen molar-refractivity contribution < 1.29 is 9.53 Å². The van der Waals surface area contributed by atoms with Gasteiger partial charge in [-0.1, -0.05) is 6.92 Å². The molecule has 1 aliphatic heterocycles. The number of rotatable bonds is 6. The molecule has 2 aliphatic rings. The number of fused-ring (bicyclic) bond motifs is 2. The van der Waals surface area contributed by atoms with E-state index >= 15 is 0 Å². The summed E-state index contributed by atoms with van der Waals surface area (Å²) in [6, 6.07) is 0.697. The van der Waals surface area contributed by atoms with E-state index in [4.69, 9.17) is 4.74 Å². The molecule has 0 aromatic rings. The van der Waals surface area contributed by atoms with Crippen LogP contribution in [0.3, 0.4) is 0 Å². The minimum absolute atomic E-state index is 0.116. The van der Waals surface area contributed by atoms with Crippen LogP contribution in [0.1, 0.15) is 40.0 Å². The fourth-order valence-corrected chi connectivity index (χ4v) is 3.50. The first-order valence-corrected chi connectivity index (χ1v) is 7.25. The van der Waals surface area contributed by atoms with Crippen LogP contribution in [0.4, 0.5) is 0 Å². The van der Waals surface area contributed by atoms with Crippen LogP contribution < -0.4 is 5.32 Å². The van der Waals surface area contributed by atoms with Gasteiger partial charge in [-0.15, -0.1) is 0 Å². The number of hydrogen-bond acceptors (Lipinski definition) is 4. The molecule has 0 radical (unpaired) electrons. The second-order valence-electron chi connectivity index (χ2n) is 5.85. The van der Waals surface area contributed by atoms with Gasteiger partial charge in [0.15, 0.2) is 0 Å². The second kappa shape index (κ2) is 5.57. The van der Waals surface area contributed by atoms with Crippen molar-refractivity contribution in [3.63, 3.8) is 0 Å². The first kappa shape index (κ1) is 13.8. The van der Waals surface area contributed by atoms with Crippen LogP contribution in [-0.2, 0) is 9.53 Å². The Morgan fingerprint density at radius 1 is 1.44 bits per heavy atom. The number of piperidine rings is 1. The number of hydrogen-bond donors (Lipinski definition) is 1. The molecule has 4 nitrogen and oxygen atoms in total. The van der Waals surface area contributed by atoms with Gasteiger partial charge in [0.05, 0.1) is 6.61 Å². The highest BCUT2D eigenvalue weighted by Crippen LogP contribution is 2.37. The van der Waals surface area contributed by atoms with E-state index in [2.05, 4.69) is 10.2 Å². The minimum atomic E-state index is -0.560.